The van der Waals surface area contributed by atoms with Crippen molar-refractivity contribution < 1.29 is 22.7 Å². The summed E-state index contributed by atoms with van der Waals surface area (Å²) >= 11 is 0. The number of amides is 1. The fourth-order valence-electron chi connectivity index (χ4n) is 2.34. The Morgan fingerprint density at radius 1 is 1.03 bits per heavy atom. The molecule has 9 heteroatoms. The summed E-state index contributed by atoms with van der Waals surface area (Å²) in [4.78, 5) is 15.6. The van der Waals surface area contributed by atoms with Gasteiger partial charge in [-0.25, -0.2) is 4.99 Å². The summed E-state index contributed by atoms with van der Waals surface area (Å²) in [5, 5.41) is 6.29. The Hall–Kier alpha value is -3.23. The molecule has 0 bridgehead atoms. The normalized spacial score (nSPS) is 11.8. The van der Waals surface area contributed by atoms with Crippen LogP contribution in [0.5, 0.6) is 5.75 Å². The molecule has 0 aromatic heterocycles. The Balaban J connectivity index is 1.91. The number of alkyl halides is 3. The molecule has 6 nitrogen and oxygen atoms in total. The molecule has 0 heterocycles. The molecule has 2 aromatic carbocycles. The number of guanidine groups is 1. The quantitative estimate of drug-likeness (QED) is 0.463. The van der Waals surface area contributed by atoms with Gasteiger partial charge in [-0.1, -0.05) is 24.3 Å². The summed E-state index contributed by atoms with van der Waals surface area (Å²) in [7, 11) is 0. The monoisotopic (exact) mass is 408 g/mol. The lowest BCUT2D eigenvalue weighted by molar-refractivity contribution is -0.153. The van der Waals surface area contributed by atoms with E-state index in [-0.39, 0.29) is 5.75 Å². The molecule has 2 rings (SSSR count). The summed E-state index contributed by atoms with van der Waals surface area (Å²) < 4.78 is 41.2. The van der Waals surface area contributed by atoms with Gasteiger partial charge in [-0.3, -0.25) is 4.79 Å². The number of ether oxygens (including phenoxy) is 1. The fourth-order valence-corrected chi connectivity index (χ4v) is 2.34. The van der Waals surface area contributed by atoms with Gasteiger partial charge >= 0.3 is 6.18 Å². The maximum absolute atomic E-state index is 12.2. The minimum atomic E-state index is -4.37. The van der Waals surface area contributed by atoms with Crippen molar-refractivity contribution in [2.24, 2.45) is 10.7 Å². The van der Waals surface area contributed by atoms with E-state index in [9.17, 15) is 18.0 Å². The number of hydrogen-bond donors (Lipinski definition) is 3. The van der Waals surface area contributed by atoms with Gasteiger partial charge < -0.3 is 21.1 Å². The first-order valence-corrected chi connectivity index (χ1v) is 8.96. The Labute approximate surface area is 167 Å². The number of hydrogen-bond acceptors (Lipinski definition) is 3. The van der Waals surface area contributed by atoms with Gasteiger partial charge in [0.05, 0.1) is 6.54 Å². The first-order chi connectivity index (χ1) is 13.8. The predicted molar refractivity (Wildman–Crippen MR) is 105 cm³/mol. The maximum atomic E-state index is 12.2. The van der Waals surface area contributed by atoms with Crippen molar-refractivity contribution in [2.45, 2.75) is 26.2 Å². The first kappa shape index (κ1) is 22.1. The average Bonchev–Trinajstić information content (AvgIpc) is 2.69. The second-order valence-corrected chi connectivity index (χ2v) is 6.16. The van der Waals surface area contributed by atoms with E-state index < -0.39 is 18.7 Å². The van der Waals surface area contributed by atoms with E-state index in [1.54, 1.807) is 36.4 Å². The summed E-state index contributed by atoms with van der Waals surface area (Å²) in [6, 6.07) is 13.2. The molecule has 0 saturated heterocycles. The third kappa shape index (κ3) is 8.12. The molecule has 0 aliphatic carbocycles. The maximum Gasteiger partial charge on any atom is 0.422 e. The van der Waals surface area contributed by atoms with E-state index in [1.165, 1.54) is 12.1 Å². The Morgan fingerprint density at radius 3 is 2.21 bits per heavy atom. The Morgan fingerprint density at radius 2 is 1.66 bits per heavy atom. The van der Waals surface area contributed by atoms with Crippen LogP contribution in [0.25, 0.3) is 0 Å². The van der Waals surface area contributed by atoms with Crippen LogP contribution >= 0.6 is 0 Å². The second-order valence-electron chi connectivity index (χ2n) is 6.16. The molecule has 1 amide bonds. The van der Waals surface area contributed by atoms with Crippen LogP contribution in [0, 0.1) is 0 Å². The number of nitrogens with zero attached hydrogens (tertiary/aromatic N) is 1. The molecule has 4 N–H and O–H groups in total. The summed E-state index contributed by atoms with van der Waals surface area (Å²) in [5.74, 6) is 0.262. The largest absolute Gasteiger partial charge is 0.484 e. The molecular weight excluding hydrogens is 385 g/mol. The minimum absolute atomic E-state index is 0.152. The lowest BCUT2D eigenvalue weighted by atomic mass is 10.1. The Kier molecular flexibility index (Phi) is 7.88. The molecule has 156 valence electrons. The van der Waals surface area contributed by atoms with Gasteiger partial charge in [0.1, 0.15) is 5.75 Å². The molecule has 0 saturated carbocycles. The van der Waals surface area contributed by atoms with Gasteiger partial charge in [-0.15, -0.1) is 0 Å². The number of benzene rings is 2. The lowest BCUT2D eigenvalue weighted by Gasteiger charge is -2.12. The standard InChI is InChI=1S/C20H23F3N4O2/c1-2-25-19(26-11-14-3-7-16(8-4-14)18(24)28)27-12-15-5-9-17(10-6-15)29-13-20(21,22)23/h3-10H,2,11-13H2,1H3,(H2,24,28)(H2,25,26,27). The predicted octanol–water partition coefficient (Wildman–Crippen LogP) is 2.98. The van der Waals surface area contributed by atoms with Gasteiger partial charge in [0.2, 0.25) is 5.91 Å². The van der Waals surface area contributed by atoms with Gasteiger partial charge in [0.25, 0.3) is 0 Å². The van der Waals surface area contributed by atoms with Crippen LogP contribution in [-0.4, -0.2) is 31.2 Å². The molecule has 0 fully saturated rings. The van der Waals surface area contributed by atoms with Crippen LogP contribution in [0.3, 0.4) is 0 Å². The molecule has 0 aliphatic heterocycles. The van der Waals surface area contributed by atoms with Crippen LogP contribution in [-0.2, 0) is 13.1 Å². The zero-order valence-corrected chi connectivity index (χ0v) is 15.9. The number of nitrogens with two attached hydrogens (primary N) is 1. The van der Waals surface area contributed by atoms with Crippen LogP contribution in [0.1, 0.15) is 28.4 Å². The van der Waals surface area contributed by atoms with E-state index >= 15 is 0 Å². The van der Waals surface area contributed by atoms with E-state index in [0.717, 1.165) is 11.1 Å². The third-order valence-electron chi connectivity index (χ3n) is 3.79. The van der Waals surface area contributed by atoms with Crippen molar-refractivity contribution in [3.8, 4) is 5.75 Å². The number of aliphatic imine (C=N–C) groups is 1. The highest BCUT2D eigenvalue weighted by Gasteiger charge is 2.28. The van der Waals surface area contributed by atoms with Gasteiger partial charge in [-0.2, -0.15) is 13.2 Å². The van der Waals surface area contributed by atoms with Crippen molar-refractivity contribution in [1.82, 2.24) is 10.6 Å². The Bertz CT molecular complexity index is 819. The lowest BCUT2D eigenvalue weighted by Crippen LogP contribution is -2.36. The number of halogens is 3. The number of carbonyl (C=O) groups excluding carboxylic acids is 1. The minimum Gasteiger partial charge on any atom is -0.484 e. The number of rotatable bonds is 8. The smallest absolute Gasteiger partial charge is 0.422 e. The van der Waals surface area contributed by atoms with Gasteiger partial charge in [0.15, 0.2) is 12.6 Å². The highest BCUT2D eigenvalue weighted by Crippen LogP contribution is 2.19. The molecular formula is C20H23F3N4O2. The fraction of sp³-hybridized carbons (Fsp3) is 0.300. The number of primary amides is 1. The summed E-state index contributed by atoms with van der Waals surface area (Å²) in [5.41, 5.74) is 7.44. The number of nitrogens with one attached hydrogen (secondary N) is 2. The molecule has 0 radical (unpaired) electrons. The molecule has 2 aromatic rings. The van der Waals surface area contributed by atoms with Crippen molar-refractivity contribution in [1.29, 1.82) is 0 Å². The van der Waals surface area contributed by atoms with Crippen molar-refractivity contribution >= 4 is 11.9 Å². The summed E-state index contributed by atoms with van der Waals surface area (Å²) in [6.07, 6.45) is -4.37. The average molecular weight is 408 g/mol. The zero-order valence-electron chi connectivity index (χ0n) is 15.9. The number of carbonyl (C=O) groups is 1. The first-order valence-electron chi connectivity index (χ1n) is 8.96. The highest BCUT2D eigenvalue weighted by molar-refractivity contribution is 5.92. The SMILES string of the molecule is CCNC(=NCc1ccc(OCC(F)(F)F)cc1)NCc1ccc(C(N)=O)cc1. The molecule has 0 spiro atoms. The van der Waals surface area contributed by atoms with E-state index in [1.807, 2.05) is 6.92 Å². The van der Waals surface area contributed by atoms with Crippen molar-refractivity contribution in [3.05, 3.63) is 65.2 Å². The van der Waals surface area contributed by atoms with E-state index in [4.69, 9.17) is 5.73 Å². The van der Waals surface area contributed by atoms with E-state index in [2.05, 4.69) is 20.4 Å². The van der Waals surface area contributed by atoms with Crippen LogP contribution in [0.4, 0.5) is 13.2 Å². The summed E-state index contributed by atoms with van der Waals surface area (Å²) in [6.45, 7) is 2.12. The van der Waals surface area contributed by atoms with Crippen LogP contribution < -0.4 is 21.1 Å². The highest BCUT2D eigenvalue weighted by atomic mass is 19.4. The molecule has 0 unspecified atom stereocenters. The van der Waals surface area contributed by atoms with Gasteiger partial charge in [-0.05, 0) is 42.3 Å². The van der Waals surface area contributed by atoms with Crippen LogP contribution in [0.15, 0.2) is 53.5 Å². The topological polar surface area (TPSA) is 88.7 Å². The van der Waals surface area contributed by atoms with Gasteiger partial charge in [0, 0.05) is 18.7 Å². The van der Waals surface area contributed by atoms with Crippen molar-refractivity contribution in [2.75, 3.05) is 13.2 Å². The van der Waals surface area contributed by atoms with Crippen LogP contribution in [0.2, 0.25) is 0 Å². The second kappa shape index (κ2) is 10.4. The zero-order chi connectivity index (χ0) is 21.3. The van der Waals surface area contributed by atoms with E-state index in [0.29, 0.717) is 31.2 Å². The molecule has 29 heavy (non-hydrogen) atoms. The molecule has 0 atom stereocenters. The van der Waals surface area contributed by atoms with Crippen molar-refractivity contribution in [3.63, 3.8) is 0 Å². The molecule has 0 aliphatic rings. The third-order valence-corrected chi connectivity index (χ3v) is 3.79.